The molecule has 0 saturated carbocycles. The van der Waals surface area contributed by atoms with Gasteiger partial charge in [-0.05, 0) is 24.3 Å². The molecule has 1 aromatic rings. The zero-order valence-electron chi connectivity index (χ0n) is 8.57. The van der Waals surface area contributed by atoms with E-state index in [0.29, 0.717) is 13.0 Å². The number of nitrogens with one attached hydrogen (secondary N) is 1. The third-order valence-electron chi connectivity index (χ3n) is 2.44. The molecule has 1 fully saturated rings. The fourth-order valence-electron chi connectivity index (χ4n) is 1.59. The minimum absolute atomic E-state index is 0.0758. The first-order valence-corrected chi connectivity index (χ1v) is 5.79. The van der Waals surface area contributed by atoms with Gasteiger partial charge in [0.2, 0.25) is 11.8 Å². The van der Waals surface area contributed by atoms with Gasteiger partial charge < -0.3 is 10.2 Å². The molecule has 0 atom stereocenters. The van der Waals surface area contributed by atoms with Crippen molar-refractivity contribution in [2.75, 3.05) is 18.0 Å². The maximum absolute atomic E-state index is 11.7. The van der Waals surface area contributed by atoms with Crippen LogP contribution in [0.4, 0.5) is 5.69 Å². The van der Waals surface area contributed by atoms with Crippen LogP contribution < -0.4 is 10.2 Å². The van der Waals surface area contributed by atoms with Crippen LogP contribution in [0.1, 0.15) is 6.42 Å². The zero-order valence-corrected chi connectivity index (χ0v) is 10.2. The highest BCUT2D eigenvalue weighted by Gasteiger charge is 2.20. The van der Waals surface area contributed by atoms with Crippen molar-refractivity contribution in [1.82, 2.24) is 5.32 Å². The minimum atomic E-state index is -0.0760. The van der Waals surface area contributed by atoms with Crippen LogP contribution >= 0.6 is 15.9 Å². The monoisotopic (exact) mass is 282 g/mol. The Balaban J connectivity index is 2.21. The smallest absolute Gasteiger partial charge is 0.246 e. The summed E-state index contributed by atoms with van der Waals surface area (Å²) in [5.74, 6) is -0.152. The van der Waals surface area contributed by atoms with Crippen molar-refractivity contribution in [3.8, 4) is 0 Å². The van der Waals surface area contributed by atoms with Gasteiger partial charge in [0.1, 0.15) is 0 Å². The van der Waals surface area contributed by atoms with E-state index in [4.69, 9.17) is 0 Å². The molecule has 1 aromatic carbocycles. The number of carbonyl (C=O) groups is 2. The van der Waals surface area contributed by atoms with Crippen molar-refractivity contribution in [3.63, 3.8) is 0 Å². The highest BCUT2D eigenvalue weighted by atomic mass is 79.9. The Labute approximate surface area is 102 Å². The summed E-state index contributed by atoms with van der Waals surface area (Å²) in [6.45, 7) is 0.515. The lowest BCUT2D eigenvalue weighted by Crippen LogP contribution is -2.35. The molecule has 0 aliphatic carbocycles. The SMILES string of the molecule is O=C1CCN(c2ccc(Br)cc2)C(=O)CN1. The Bertz CT molecular complexity index is 416. The average Bonchev–Trinajstić information content (AvgIpc) is 2.44. The van der Waals surface area contributed by atoms with Crippen molar-refractivity contribution in [2.24, 2.45) is 0 Å². The molecule has 1 aliphatic rings. The molecule has 1 saturated heterocycles. The molecule has 4 nitrogen and oxygen atoms in total. The summed E-state index contributed by atoms with van der Waals surface area (Å²) in [5.41, 5.74) is 0.824. The summed E-state index contributed by atoms with van der Waals surface area (Å²) in [5, 5.41) is 2.57. The van der Waals surface area contributed by atoms with Crippen LogP contribution in [-0.4, -0.2) is 24.9 Å². The first kappa shape index (κ1) is 11.1. The lowest BCUT2D eigenvalue weighted by molar-refractivity contribution is -0.123. The summed E-state index contributed by atoms with van der Waals surface area (Å²) >= 11 is 3.34. The number of anilines is 1. The standard InChI is InChI=1S/C11H11BrN2O2/c12-8-1-3-9(4-2-8)14-6-5-10(15)13-7-11(14)16/h1-4H,5-7H2,(H,13,15). The molecule has 1 heterocycles. The van der Waals surface area contributed by atoms with Gasteiger partial charge in [0.25, 0.3) is 0 Å². The molecule has 5 heteroatoms. The molecular weight excluding hydrogens is 272 g/mol. The molecular formula is C11H11BrN2O2. The maximum Gasteiger partial charge on any atom is 0.246 e. The normalized spacial score (nSPS) is 16.9. The van der Waals surface area contributed by atoms with Crippen LogP contribution in [0.15, 0.2) is 28.7 Å². The van der Waals surface area contributed by atoms with E-state index in [0.717, 1.165) is 10.2 Å². The lowest BCUT2D eigenvalue weighted by Gasteiger charge is -2.19. The summed E-state index contributed by atoms with van der Waals surface area (Å²) in [6, 6.07) is 7.47. The highest BCUT2D eigenvalue weighted by Crippen LogP contribution is 2.19. The fourth-order valence-corrected chi connectivity index (χ4v) is 1.85. The Hall–Kier alpha value is -1.36. The second-order valence-electron chi connectivity index (χ2n) is 3.55. The number of halogens is 1. The number of rotatable bonds is 1. The van der Waals surface area contributed by atoms with Crippen molar-refractivity contribution in [3.05, 3.63) is 28.7 Å². The van der Waals surface area contributed by atoms with Crippen LogP contribution in [0.5, 0.6) is 0 Å². The van der Waals surface area contributed by atoms with E-state index >= 15 is 0 Å². The van der Waals surface area contributed by atoms with Crippen LogP contribution in [0.3, 0.4) is 0 Å². The van der Waals surface area contributed by atoms with Crippen molar-refractivity contribution >= 4 is 33.4 Å². The van der Waals surface area contributed by atoms with Gasteiger partial charge in [-0.3, -0.25) is 9.59 Å². The molecule has 2 rings (SSSR count). The number of carbonyl (C=O) groups excluding carboxylic acids is 2. The van der Waals surface area contributed by atoms with E-state index in [1.807, 2.05) is 24.3 Å². The summed E-state index contributed by atoms with van der Waals surface area (Å²) in [4.78, 5) is 24.5. The Kier molecular flexibility index (Phi) is 3.24. The van der Waals surface area contributed by atoms with E-state index in [9.17, 15) is 9.59 Å². The van der Waals surface area contributed by atoms with E-state index in [2.05, 4.69) is 21.2 Å². The van der Waals surface area contributed by atoms with Gasteiger partial charge in [-0.25, -0.2) is 0 Å². The Morgan fingerprint density at radius 3 is 2.56 bits per heavy atom. The van der Waals surface area contributed by atoms with E-state index in [1.165, 1.54) is 0 Å². The van der Waals surface area contributed by atoms with Crippen molar-refractivity contribution in [2.45, 2.75) is 6.42 Å². The van der Waals surface area contributed by atoms with Gasteiger partial charge in [0, 0.05) is 23.1 Å². The number of amides is 2. The van der Waals surface area contributed by atoms with Crippen LogP contribution in [0.2, 0.25) is 0 Å². The number of nitrogens with zero attached hydrogens (tertiary/aromatic N) is 1. The largest absolute Gasteiger partial charge is 0.347 e. The third kappa shape index (κ3) is 2.41. The van der Waals surface area contributed by atoms with E-state index in [1.54, 1.807) is 4.90 Å². The number of hydrogen-bond donors (Lipinski definition) is 1. The molecule has 16 heavy (non-hydrogen) atoms. The predicted molar refractivity (Wildman–Crippen MR) is 64.1 cm³/mol. The molecule has 2 amide bonds. The van der Waals surface area contributed by atoms with Gasteiger partial charge in [-0.1, -0.05) is 15.9 Å². The first-order valence-electron chi connectivity index (χ1n) is 4.99. The number of benzene rings is 1. The summed E-state index contributed by atoms with van der Waals surface area (Å²) in [6.07, 6.45) is 0.349. The molecule has 0 unspecified atom stereocenters. The number of hydrogen-bond acceptors (Lipinski definition) is 2. The zero-order chi connectivity index (χ0) is 11.5. The van der Waals surface area contributed by atoms with Crippen molar-refractivity contribution < 1.29 is 9.59 Å². The van der Waals surface area contributed by atoms with Crippen molar-refractivity contribution in [1.29, 1.82) is 0 Å². The molecule has 1 aliphatic heterocycles. The molecule has 1 N–H and O–H groups in total. The second-order valence-corrected chi connectivity index (χ2v) is 4.46. The average molecular weight is 283 g/mol. The fraction of sp³-hybridized carbons (Fsp3) is 0.273. The maximum atomic E-state index is 11.7. The lowest BCUT2D eigenvalue weighted by atomic mass is 10.2. The van der Waals surface area contributed by atoms with Crippen LogP contribution in [-0.2, 0) is 9.59 Å². The molecule has 0 bridgehead atoms. The van der Waals surface area contributed by atoms with Gasteiger partial charge in [-0.15, -0.1) is 0 Å². The first-order chi connectivity index (χ1) is 7.66. The van der Waals surface area contributed by atoms with Gasteiger partial charge in [0.05, 0.1) is 6.54 Å². The highest BCUT2D eigenvalue weighted by molar-refractivity contribution is 9.10. The van der Waals surface area contributed by atoms with E-state index in [-0.39, 0.29) is 18.4 Å². The van der Waals surface area contributed by atoms with Crippen LogP contribution in [0.25, 0.3) is 0 Å². The molecule has 0 spiro atoms. The molecule has 84 valence electrons. The minimum Gasteiger partial charge on any atom is -0.347 e. The third-order valence-corrected chi connectivity index (χ3v) is 2.97. The Morgan fingerprint density at radius 2 is 1.88 bits per heavy atom. The molecule has 0 aromatic heterocycles. The van der Waals surface area contributed by atoms with Gasteiger partial charge in [0.15, 0.2) is 0 Å². The van der Waals surface area contributed by atoms with Crippen LogP contribution in [0, 0.1) is 0 Å². The summed E-state index contributed by atoms with van der Waals surface area (Å²) in [7, 11) is 0. The Morgan fingerprint density at radius 1 is 1.19 bits per heavy atom. The van der Waals surface area contributed by atoms with Gasteiger partial charge >= 0.3 is 0 Å². The second kappa shape index (κ2) is 4.65. The summed E-state index contributed by atoms with van der Waals surface area (Å²) < 4.78 is 0.965. The predicted octanol–water partition coefficient (Wildman–Crippen LogP) is 1.30. The van der Waals surface area contributed by atoms with Gasteiger partial charge in [-0.2, -0.15) is 0 Å². The topological polar surface area (TPSA) is 49.4 Å². The van der Waals surface area contributed by atoms with E-state index < -0.39 is 0 Å². The quantitative estimate of drug-likeness (QED) is 0.844. The molecule has 0 radical (unpaired) electrons.